The van der Waals surface area contributed by atoms with Gasteiger partial charge in [0.05, 0.1) is 0 Å². The van der Waals surface area contributed by atoms with E-state index >= 15 is 0 Å². The Bertz CT molecular complexity index is 235. The normalized spacial score (nSPS) is 12.8. The van der Waals surface area contributed by atoms with Crippen LogP contribution >= 0.6 is 0 Å². The molecule has 0 spiro atoms. The zero-order chi connectivity index (χ0) is 10.2. The van der Waals surface area contributed by atoms with Crippen LogP contribution < -0.4 is 5.32 Å². The first-order valence-electron chi connectivity index (χ1n) is 5.66. The van der Waals surface area contributed by atoms with Gasteiger partial charge >= 0.3 is 96.4 Å². The first-order valence-corrected chi connectivity index (χ1v) is 5.66. The number of rotatable bonds is 6. The summed E-state index contributed by atoms with van der Waals surface area (Å²) in [5.41, 5.74) is 1.41. The minimum atomic E-state index is 0.530. The van der Waals surface area contributed by atoms with Crippen molar-refractivity contribution < 1.29 is 0 Å². The SMILES string of the molecule is [Li][CH2]CCNC(CC)c1ccccc1. The van der Waals surface area contributed by atoms with Crippen molar-refractivity contribution in [2.24, 2.45) is 0 Å². The van der Waals surface area contributed by atoms with Crippen LogP contribution in [0.1, 0.15) is 31.4 Å². The van der Waals surface area contributed by atoms with E-state index in [9.17, 15) is 0 Å². The predicted molar refractivity (Wildman–Crippen MR) is 62.7 cm³/mol. The van der Waals surface area contributed by atoms with E-state index in [0.717, 1.165) is 13.0 Å². The van der Waals surface area contributed by atoms with Crippen molar-refractivity contribution in [1.82, 2.24) is 5.32 Å². The zero-order valence-electron chi connectivity index (χ0n) is 9.29. The Morgan fingerprint density at radius 3 is 2.57 bits per heavy atom. The molecule has 0 saturated heterocycles. The van der Waals surface area contributed by atoms with Gasteiger partial charge in [0.25, 0.3) is 0 Å². The van der Waals surface area contributed by atoms with Crippen molar-refractivity contribution in [3.63, 3.8) is 0 Å². The molecule has 1 N–H and O–H groups in total. The van der Waals surface area contributed by atoms with Gasteiger partial charge in [-0.15, -0.1) is 0 Å². The van der Waals surface area contributed by atoms with Crippen molar-refractivity contribution >= 4 is 17.7 Å². The second-order valence-electron chi connectivity index (χ2n) is 3.68. The van der Waals surface area contributed by atoms with E-state index in [4.69, 9.17) is 0 Å². The summed E-state index contributed by atoms with van der Waals surface area (Å²) in [7, 11) is 0. The molecule has 1 rings (SSSR count). The molecule has 72 valence electrons. The van der Waals surface area contributed by atoms with E-state index in [-0.39, 0.29) is 0 Å². The van der Waals surface area contributed by atoms with Crippen molar-refractivity contribution in [2.75, 3.05) is 6.54 Å². The maximum atomic E-state index is 3.59. The molecule has 0 aliphatic rings. The summed E-state index contributed by atoms with van der Waals surface area (Å²) in [5, 5.41) is 4.85. The molecule has 0 amide bonds. The molecule has 1 nitrogen and oxygen atoms in total. The van der Waals surface area contributed by atoms with E-state index in [1.54, 1.807) is 0 Å². The molecule has 0 bridgehead atoms. The molecule has 0 aliphatic heterocycles. The maximum absolute atomic E-state index is 3.59. The van der Waals surface area contributed by atoms with Crippen LogP contribution in [0.25, 0.3) is 0 Å². The number of nitrogens with one attached hydrogen (secondary N) is 1. The fourth-order valence-electron chi connectivity index (χ4n) is 1.64. The van der Waals surface area contributed by atoms with Crippen molar-refractivity contribution in [2.45, 2.75) is 30.9 Å². The Hall–Kier alpha value is -0.223. The summed E-state index contributed by atoms with van der Waals surface area (Å²) in [6.07, 6.45) is 2.43. The van der Waals surface area contributed by atoms with E-state index < -0.39 is 0 Å². The van der Waals surface area contributed by atoms with Gasteiger partial charge in [0.1, 0.15) is 0 Å². The Kier molecular flexibility index (Phi) is 6.03. The number of hydrogen-bond acceptors (Lipinski definition) is 1. The van der Waals surface area contributed by atoms with E-state index in [0.29, 0.717) is 6.04 Å². The number of benzene rings is 1. The molecule has 1 unspecified atom stereocenters. The molecule has 1 atom stereocenters. The quantitative estimate of drug-likeness (QED) is 0.528. The zero-order valence-corrected chi connectivity index (χ0v) is 9.29. The molecule has 0 saturated carbocycles. The predicted octanol–water partition coefficient (Wildman–Crippen LogP) is 2.70. The van der Waals surface area contributed by atoms with Crippen LogP contribution in [0.3, 0.4) is 0 Å². The Balaban J connectivity index is 2.46. The first kappa shape index (κ1) is 11.8. The van der Waals surface area contributed by atoms with Crippen LogP contribution in [0.5, 0.6) is 0 Å². The van der Waals surface area contributed by atoms with Crippen molar-refractivity contribution in [3.05, 3.63) is 35.9 Å². The molecule has 0 aliphatic carbocycles. The molecular formula is C12H18LiN. The van der Waals surface area contributed by atoms with Crippen molar-refractivity contribution in [3.8, 4) is 0 Å². The van der Waals surface area contributed by atoms with Gasteiger partial charge in [-0.05, 0) is 0 Å². The van der Waals surface area contributed by atoms with Gasteiger partial charge in [0, 0.05) is 0 Å². The molecule has 0 fully saturated rings. The molecule has 1 aromatic carbocycles. The third-order valence-electron chi connectivity index (χ3n) is 2.53. The average molecular weight is 183 g/mol. The van der Waals surface area contributed by atoms with Gasteiger partial charge in [-0.3, -0.25) is 0 Å². The van der Waals surface area contributed by atoms with Crippen LogP contribution in [-0.2, 0) is 0 Å². The Labute approximate surface area is 96.5 Å². The summed E-state index contributed by atoms with van der Waals surface area (Å²) >= 11 is 2.23. The summed E-state index contributed by atoms with van der Waals surface area (Å²) in [5.74, 6) is 0. The van der Waals surface area contributed by atoms with Gasteiger partial charge in [0.15, 0.2) is 0 Å². The van der Waals surface area contributed by atoms with Gasteiger partial charge in [-0.2, -0.15) is 0 Å². The van der Waals surface area contributed by atoms with Crippen LogP contribution in [0.2, 0.25) is 5.09 Å². The molecule has 0 aromatic heterocycles. The summed E-state index contributed by atoms with van der Waals surface area (Å²) < 4.78 is 0. The molecule has 14 heavy (non-hydrogen) atoms. The van der Waals surface area contributed by atoms with E-state index in [1.807, 2.05) is 0 Å². The fourth-order valence-corrected chi connectivity index (χ4v) is 1.64. The number of hydrogen-bond donors (Lipinski definition) is 1. The van der Waals surface area contributed by atoms with Crippen molar-refractivity contribution in [1.29, 1.82) is 0 Å². The third kappa shape index (κ3) is 3.88. The first-order chi connectivity index (χ1) is 6.88. The molecule has 0 radical (unpaired) electrons. The molecule has 2 heteroatoms. The molecular weight excluding hydrogens is 165 g/mol. The topological polar surface area (TPSA) is 12.0 Å². The van der Waals surface area contributed by atoms with Gasteiger partial charge in [-0.1, -0.05) is 0 Å². The van der Waals surface area contributed by atoms with Gasteiger partial charge in [-0.25, -0.2) is 0 Å². The third-order valence-corrected chi connectivity index (χ3v) is 2.53. The van der Waals surface area contributed by atoms with Crippen LogP contribution in [-0.4, -0.2) is 24.3 Å². The Morgan fingerprint density at radius 2 is 2.00 bits per heavy atom. The second-order valence-corrected chi connectivity index (χ2v) is 3.68. The summed E-state index contributed by atoms with van der Waals surface area (Å²) in [4.78, 5) is 0. The Morgan fingerprint density at radius 1 is 1.29 bits per heavy atom. The summed E-state index contributed by atoms with van der Waals surface area (Å²) in [6, 6.07) is 11.2. The summed E-state index contributed by atoms with van der Waals surface area (Å²) in [6.45, 7) is 3.36. The minimum absolute atomic E-state index is 0.530. The average Bonchev–Trinajstić information content (AvgIpc) is 2.26. The van der Waals surface area contributed by atoms with E-state index in [1.165, 1.54) is 17.1 Å². The van der Waals surface area contributed by atoms with Crippen LogP contribution in [0.15, 0.2) is 30.3 Å². The van der Waals surface area contributed by atoms with Crippen LogP contribution in [0, 0.1) is 0 Å². The van der Waals surface area contributed by atoms with Gasteiger partial charge in [0.2, 0.25) is 0 Å². The second kappa shape index (κ2) is 7.12. The molecule has 1 aromatic rings. The van der Waals surface area contributed by atoms with Gasteiger partial charge < -0.3 is 0 Å². The fraction of sp³-hybridized carbons (Fsp3) is 0.500. The van der Waals surface area contributed by atoms with Crippen LogP contribution in [0.4, 0.5) is 0 Å². The van der Waals surface area contributed by atoms with E-state index in [2.05, 4.69) is 60.3 Å². The monoisotopic (exact) mass is 183 g/mol. The molecule has 0 heterocycles. The standard InChI is InChI=1S/C12H18N.Li/c1-3-10-13-12(4-2)11-8-6-5-7-9-11;/h5-9,12-13H,1,3-4,10H2,2H3;.